The molecule has 1 aromatic heterocycles. The number of urea groups is 1. The summed E-state index contributed by atoms with van der Waals surface area (Å²) in [4.78, 5) is 14.1. The molecule has 6 heteroatoms. The number of carbonyl (C=O) groups is 1. The zero-order valence-electron chi connectivity index (χ0n) is 14.4. The van der Waals surface area contributed by atoms with Crippen LogP contribution >= 0.6 is 0 Å². The third-order valence-electron chi connectivity index (χ3n) is 4.31. The Kier molecular flexibility index (Phi) is 5.07. The zero-order valence-corrected chi connectivity index (χ0v) is 14.4. The molecule has 0 saturated carbocycles. The van der Waals surface area contributed by atoms with E-state index < -0.39 is 0 Å². The summed E-state index contributed by atoms with van der Waals surface area (Å²) in [7, 11) is 0. The highest BCUT2D eigenvalue weighted by Gasteiger charge is 2.24. The highest BCUT2D eigenvalue weighted by Crippen LogP contribution is 2.26. The summed E-state index contributed by atoms with van der Waals surface area (Å²) in [6, 6.07) is 8.29. The van der Waals surface area contributed by atoms with E-state index in [0.29, 0.717) is 18.9 Å². The molecule has 2 heterocycles. The number of halogens is 1. The van der Waals surface area contributed by atoms with Gasteiger partial charge in [0, 0.05) is 19.3 Å². The summed E-state index contributed by atoms with van der Waals surface area (Å²) < 4.78 is 13.6. The quantitative estimate of drug-likeness (QED) is 0.902. The van der Waals surface area contributed by atoms with Gasteiger partial charge in [-0.25, -0.2) is 9.18 Å². The van der Waals surface area contributed by atoms with Gasteiger partial charge in [-0.2, -0.15) is 5.10 Å². The summed E-state index contributed by atoms with van der Waals surface area (Å²) >= 11 is 0. The lowest BCUT2D eigenvalue weighted by atomic mass is 9.91. The lowest BCUT2D eigenvalue weighted by molar-refractivity contribution is 0.197. The Balaban J connectivity index is 1.66. The molecule has 1 unspecified atom stereocenters. The number of hydrogen-bond donors (Lipinski definition) is 1. The SMILES string of the molecule is Cc1cc(F)cc(/C=C2\CCN(C(=O)Nc3cccnn3)CC2C)c1. The van der Waals surface area contributed by atoms with Crippen LogP contribution in [0.25, 0.3) is 6.08 Å². The fourth-order valence-corrected chi connectivity index (χ4v) is 3.07. The highest BCUT2D eigenvalue weighted by molar-refractivity contribution is 5.88. The number of rotatable bonds is 2. The number of amides is 2. The maximum Gasteiger partial charge on any atom is 0.323 e. The van der Waals surface area contributed by atoms with E-state index in [1.54, 1.807) is 29.3 Å². The molecule has 1 N–H and O–H groups in total. The van der Waals surface area contributed by atoms with Gasteiger partial charge in [0.1, 0.15) is 5.82 Å². The predicted octanol–water partition coefficient (Wildman–Crippen LogP) is 3.88. The molecule has 3 rings (SSSR count). The van der Waals surface area contributed by atoms with Gasteiger partial charge in [0.2, 0.25) is 0 Å². The number of nitrogens with one attached hydrogen (secondary N) is 1. The average Bonchev–Trinajstić information content (AvgIpc) is 2.56. The smallest absolute Gasteiger partial charge is 0.323 e. The number of benzene rings is 1. The van der Waals surface area contributed by atoms with Crippen LogP contribution in [0.5, 0.6) is 0 Å². The van der Waals surface area contributed by atoms with E-state index in [4.69, 9.17) is 0 Å². The van der Waals surface area contributed by atoms with Crippen molar-refractivity contribution in [2.75, 3.05) is 18.4 Å². The third-order valence-corrected chi connectivity index (χ3v) is 4.31. The van der Waals surface area contributed by atoms with E-state index in [0.717, 1.165) is 17.5 Å². The minimum absolute atomic E-state index is 0.173. The van der Waals surface area contributed by atoms with Gasteiger partial charge in [0.05, 0.1) is 0 Å². The van der Waals surface area contributed by atoms with E-state index in [2.05, 4.69) is 22.4 Å². The Bertz CT molecular complexity index is 771. The highest BCUT2D eigenvalue weighted by atomic mass is 19.1. The number of piperidine rings is 1. The topological polar surface area (TPSA) is 58.1 Å². The fourth-order valence-electron chi connectivity index (χ4n) is 3.07. The van der Waals surface area contributed by atoms with E-state index in [-0.39, 0.29) is 17.8 Å². The van der Waals surface area contributed by atoms with E-state index in [1.165, 1.54) is 11.6 Å². The van der Waals surface area contributed by atoms with Crippen molar-refractivity contribution in [3.05, 3.63) is 59.0 Å². The van der Waals surface area contributed by atoms with Crippen molar-refractivity contribution in [3.63, 3.8) is 0 Å². The molecule has 2 aromatic rings. The Morgan fingerprint density at radius 3 is 2.92 bits per heavy atom. The second-order valence-corrected chi connectivity index (χ2v) is 6.42. The summed E-state index contributed by atoms with van der Waals surface area (Å²) in [6.45, 7) is 5.20. The van der Waals surface area contributed by atoms with E-state index >= 15 is 0 Å². The molecule has 1 saturated heterocycles. The molecule has 0 bridgehead atoms. The van der Waals surface area contributed by atoms with Crippen molar-refractivity contribution in [1.82, 2.24) is 15.1 Å². The second-order valence-electron chi connectivity index (χ2n) is 6.42. The maximum atomic E-state index is 13.6. The number of aromatic nitrogens is 2. The van der Waals surface area contributed by atoms with Crippen LogP contribution in [0.2, 0.25) is 0 Å². The first-order valence-electron chi connectivity index (χ1n) is 8.32. The Hall–Kier alpha value is -2.76. The molecule has 2 amide bonds. The minimum Gasteiger partial charge on any atom is -0.324 e. The van der Waals surface area contributed by atoms with Gasteiger partial charge in [-0.3, -0.25) is 5.32 Å². The van der Waals surface area contributed by atoms with Gasteiger partial charge in [-0.1, -0.05) is 24.6 Å². The first kappa shape index (κ1) is 17.1. The molecular formula is C19H21FN4O. The number of carbonyl (C=O) groups excluding carboxylic acids is 1. The molecule has 1 aliphatic heterocycles. The summed E-state index contributed by atoms with van der Waals surface area (Å²) in [5.41, 5.74) is 3.01. The summed E-state index contributed by atoms with van der Waals surface area (Å²) in [5.74, 6) is 0.432. The summed E-state index contributed by atoms with van der Waals surface area (Å²) in [5, 5.41) is 10.4. The molecule has 25 heavy (non-hydrogen) atoms. The van der Waals surface area contributed by atoms with Crippen LogP contribution in [-0.2, 0) is 0 Å². The number of anilines is 1. The lowest BCUT2D eigenvalue weighted by Crippen LogP contribution is -2.42. The molecule has 0 radical (unpaired) electrons. The normalized spacial score (nSPS) is 19.1. The van der Waals surface area contributed by atoms with Crippen molar-refractivity contribution >= 4 is 17.9 Å². The largest absolute Gasteiger partial charge is 0.324 e. The standard InChI is InChI=1S/C19H21FN4O/c1-13-8-15(11-17(20)9-13)10-16-5-7-24(12-14(16)2)19(25)22-18-4-3-6-21-23-18/h3-4,6,8-11,14H,5,7,12H2,1-2H3,(H,22,23,25)/b16-10+. The van der Waals surface area contributed by atoms with Crippen LogP contribution in [0, 0.1) is 18.7 Å². The van der Waals surface area contributed by atoms with Crippen LogP contribution in [0.15, 0.2) is 42.1 Å². The van der Waals surface area contributed by atoms with Crippen LogP contribution in [0.4, 0.5) is 15.0 Å². The first-order chi connectivity index (χ1) is 12.0. The number of likely N-dealkylation sites (tertiary alicyclic amines) is 1. The Morgan fingerprint density at radius 1 is 1.40 bits per heavy atom. The molecule has 1 fully saturated rings. The lowest BCUT2D eigenvalue weighted by Gasteiger charge is -2.33. The molecule has 0 spiro atoms. The molecule has 1 atom stereocenters. The Morgan fingerprint density at radius 2 is 2.24 bits per heavy atom. The number of aryl methyl sites for hydroxylation is 1. The average molecular weight is 340 g/mol. The molecule has 0 aliphatic carbocycles. The number of nitrogens with zero attached hydrogens (tertiary/aromatic N) is 3. The van der Waals surface area contributed by atoms with Gasteiger partial charge in [0.25, 0.3) is 0 Å². The third kappa shape index (κ3) is 4.41. The number of hydrogen-bond acceptors (Lipinski definition) is 3. The minimum atomic E-state index is -0.222. The van der Waals surface area contributed by atoms with Gasteiger partial charge >= 0.3 is 6.03 Å². The molecule has 1 aliphatic rings. The molecule has 130 valence electrons. The Labute approximate surface area is 146 Å². The summed E-state index contributed by atoms with van der Waals surface area (Å²) in [6.07, 6.45) is 4.37. The van der Waals surface area contributed by atoms with Crippen molar-refractivity contribution in [1.29, 1.82) is 0 Å². The first-order valence-corrected chi connectivity index (χ1v) is 8.32. The fraction of sp³-hybridized carbons (Fsp3) is 0.316. The zero-order chi connectivity index (χ0) is 17.8. The van der Waals surface area contributed by atoms with Crippen molar-refractivity contribution < 1.29 is 9.18 Å². The monoisotopic (exact) mass is 340 g/mol. The van der Waals surface area contributed by atoms with E-state index in [9.17, 15) is 9.18 Å². The van der Waals surface area contributed by atoms with Gasteiger partial charge in [0.15, 0.2) is 5.82 Å². The second kappa shape index (κ2) is 7.42. The van der Waals surface area contributed by atoms with Gasteiger partial charge in [-0.15, -0.1) is 5.10 Å². The van der Waals surface area contributed by atoms with Crippen LogP contribution in [0.1, 0.15) is 24.5 Å². The molecular weight excluding hydrogens is 319 g/mol. The van der Waals surface area contributed by atoms with Crippen LogP contribution in [-0.4, -0.2) is 34.2 Å². The molecule has 1 aromatic carbocycles. The van der Waals surface area contributed by atoms with Crippen LogP contribution < -0.4 is 5.32 Å². The van der Waals surface area contributed by atoms with Crippen molar-refractivity contribution in [2.45, 2.75) is 20.3 Å². The van der Waals surface area contributed by atoms with E-state index in [1.807, 2.05) is 19.1 Å². The maximum absolute atomic E-state index is 13.6. The van der Waals surface area contributed by atoms with Crippen molar-refractivity contribution in [3.8, 4) is 0 Å². The van der Waals surface area contributed by atoms with Crippen LogP contribution in [0.3, 0.4) is 0 Å². The van der Waals surface area contributed by atoms with Gasteiger partial charge < -0.3 is 4.90 Å². The predicted molar refractivity (Wildman–Crippen MR) is 95.5 cm³/mol. The van der Waals surface area contributed by atoms with Gasteiger partial charge in [-0.05, 0) is 54.7 Å². The molecule has 5 nitrogen and oxygen atoms in total. The van der Waals surface area contributed by atoms with Crippen molar-refractivity contribution in [2.24, 2.45) is 5.92 Å².